The zero-order chi connectivity index (χ0) is 16.8. The number of amides is 1. The van der Waals surface area contributed by atoms with Crippen LogP contribution in [-0.4, -0.2) is 5.91 Å². The van der Waals surface area contributed by atoms with E-state index in [1.165, 1.54) is 18.2 Å². The Labute approximate surface area is 142 Å². The van der Waals surface area contributed by atoms with Crippen molar-refractivity contribution in [2.24, 2.45) is 0 Å². The predicted octanol–water partition coefficient (Wildman–Crippen LogP) is 4.37. The van der Waals surface area contributed by atoms with Gasteiger partial charge in [-0.25, -0.2) is 4.39 Å². The smallest absolute Gasteiger partial charge is 0.262 e. The highest BCUT2D eigenvalue weighted by Crippen LogP contribution is 2.18. The van der Waals surface area contributed by atoms with Gasteiger partial charge in [0.25, 0.3) is 5.91 Å². The van der Waals surface area contributed by atoms with Crippen LogP contribution < -0.4 is 5.32 Å². The second-order valence-electron chi connectivity index (χ2n) is 4.94. The second kappa shape index (κ2) is 7.70. The highest BCUT2D eigenvalue weighted by atomic mass is 79.9. The van der Waals surface area contributed by atoms with Crippen LogP contribution >= 0.6 is 15.9 Å². The molecule has 1 atom stereocenters. The summed E-state index contributed by atoms with van der Waals surface area (Å²) in [4.78, 5) is 12.2. The monoisotopic (exact) mass is 372 g/mol. The molecular formula is C18H14BrFN2O. The molecule has 0 aliphatic carbocycles. The van der Waals surface area contributed by atoms with Crippen LogP contribution in [-0.2, 0) is 4.79 Å². The minimum absolute atomic E-state index is 0.144. The van der Waals surface area contributed by atoms with Crippen molar-refractivity contribution in [3.05, 3.63) is 75.5 Å². The summed E-state index contributed by atoms with van der Waals surface area (Å²) >= 11 is 3.16. The number of nitrogens with zero attached hydrogens (tertiary/aromatic N) is 1. The summed E-state index contributed by atoms with van der Waals surface area (Å²) in [5.41, 5.74) is 0.967. The Morgan fingerprint density at radius 2 is 2.00 bits per heavy atom. The van der Waals surface area contributed by atoms with E-state index in [4.69, 9.17) is 0 Å². The fraction of sp³-hybridized carbons (Fsp3) is 0.111. The molecule has 1 amide bonds. The molecule has 2 aromatic rings. The third-order valence-electron chi connectivity index (χ3n) is 3.27. The van der Waals surface area contributed by atoms with E-state index in [1.54, 1.807) is 6.07 Å². The standard InChI is InChI=1S/C18H14BrFN2O/c1-12(13-5-3-2-4-6-13)22-18(23)15(11-21)9-14-7-8-16(19)10-17(14)20/h2-10,12H,1H3,(H,22,23)/b15-9+. The molecule has 1 N–H and O–H groups in total. The van der Waals surface area contributed by atoms with Crippen LogP contribution in [0.4, 0.5) is 4.39 Å². The second-order valence-corrected chi connectivity index (χ2v) is 5.86. The molecule has 0 saturated carbocycles. The maximum absolute atomic E-state index is 13.8. The van der Waals surface area contributed by atoms with Gasteiger partial charge in [0.2, 0.25) is 0 Å². The largest absolute Gasteiger partial charge is 0.345 e. The van der Waals surface area contributed by atoms with E-state index in [1.807, 2.05) is 43.3 Å². The number of hydrogen-bond donors (Lipinski definition) is 1. The van der Waals surface area contributed by atoms with Crippen LogP contribution in [0.1, 0.15) is 24.1 Å². The van der Waals surface area contributed by atoms with Crippen molar-refractivity contribution in [2.45, 2.75) is 13.0 Å². The Morgan fingerprint density at radius 1 is 1.30 bits per heavy atom. The summed E-state index contributed by atoms with van der Waals surface area (Å²) in [5, 5.41) is 11.9. The number of hydrogen-bond acceptors (Lipinski definition) is 2. The van der Waals surface area contributed by atoms with Gasteiger partial charge in [0.15, 0.2) is 0 Å². The van der Waals surface area contributed by atoms with Crippen LogP contribution in [0.15, 0.2) is 58.6 Å². The molecule has 2 aromatic carbocycles. The van der Waals surface area contributed by atoms with Crippen LogP contribution in [0.3, 0.4) is 0 Å². The third kappa shape index (κ3) is 4.51. The fourth-order valence-electron chi connectivity index (χ4n) is 2.02. The van der Waals surface area contributed by atoms with Crippen LogP contribution in [0, 0.1) is 17.1 Å². The lowest BCUT2D eigenvalue weighted by atomic mass is 10.1. The van der Waals surface area contributed by atoms with E-state index in [9.17, 15) is 14.4 Å². The molecule has 2 rings (SSSR count). The van der Waals surface area contributed by atoms with Crippen molar-refractivity contribution < 1.29 is 9.18 Å². The highest BCUT2D eigenvalue weighted by molar-refractivity contribution is 9.10. The Bertz CT molecular complexity index is 781. The van der Waals surface area contributed by atoms with Gasteiger partial charge in [-0.2, -0.15) is 5.26 Å². The number of halogens is 2. The molecule has 0 heterocycles. The minimum Gasteiger partial charge on any atom is -0.345 e. The maximum atomic E-state index is 13.8. The lowest BCUT2D eigenvalue weighted by molar-refractivity contribution is -0.117. The van der Waals surface area contributed by atoms with Crippen molar-refractivity contribution >= 4 is 27.9 Å². The molecule has 0 radical (unpaired) electrons. The quantitative estimate of drug-likeness (QED) is 0.639. The Kier molecular flexibility index (Phi) is 5.67. The van der Waals surface area contributed by atoms with E-state index in [2.05, 4.69) is 21.2 Å². The highest BCUT2D eigenvalue weighted by Gasteiger charge is 2.14. The summed E-state index contributed by atoms with van der Waals surface area (Å²) < 4.78 is 14.4. The topological polar surface area (TPSA) is 52.9 Å². The SMILES string of the molecule is CC(NC(=O)/C(C#N)=C/c1ccc(Br)cc1F)c1ccccc1. The first-order valence-corrected chi connectivity index (χ1v) is 7.73. The molecule has 0 spiro atoms. The molecule has 0 aromatic heterocycles. The molecule has 0 aliphatic rings. The Hall–Kier alpha value is -2.45. The van der Waals surface area contributed by atoms with Gasteiger partial charge < -0.3 is 5.32 Å². The third-order valence-corrected chi connectivity index (χ3v) is 3.77. The van der Waals surface area contributed by atoms with Gasteiger partial charge in [-0.05, 0) is 30.7 Å². The molecule has 0 aliphatic heterocycles. The van der Waals surface area contributed by atoms with Gasteiger partial charge in [0.05, 0.1) is 6.04 Å². The van der Waals surface area contributed by atoms with Crippen molar-refractivity contribution in [1.29, 1.82) is 5.26 Å². The Balaban J connectivity index is 2.19. The van der Waals surface area contributed by atoms with Crippen LogP contribution in [0.5, 0.6) is 0 Å². The summed E-state index contributed by atoms with van der Waals surface area (Å²) in [7, 11) is 0. The zero-order valence-corrected chi connectivity index (χ0v) is 14.0. The van der Waals surface area contributed by atoms with Crippen molar-refractivity contribution in [2.75, 3.05) is 0 Å². The maximum Gasteiger partial charge on any atom is 0.262 e. The van der Waals surface area contributed by atoms with Gasteiger partial charge >= 0.3 is 0 Å². The van der Waals surface area contributed by atoms with Crippen LogP contribution in [0.2, 0.25) is 0 Å². The molecule has 1 unspecified atom stereocenters. The van der Waals surface area contributed by atoms with Crippen molar-refractivity contribution in [3.63, 3.8) is 0 Å². The van der Waals surface area contributed by atoms with Gasteiger partial charge in [-0.15, -0.1) is 0 Å². The summed E-state index contributed by atoms with van der Waals surface area (Å²) in [5.74, 6) is -1.04. The number of nitriles is 1. The summed E-state index contributed by atoms with van der Waals surface area (Å²) in [6.45, 7) is 1.82. The lowest BCUT2D eigenvalue weighted by Crippen LogP contribution is -2.27. The average molecular weight is 373 g/mol. The first-order chi connectivity index (χ1) is 11.0. The van der Waals surface area contributed by atoms with Crippen LogP contribution in [0.25, 0.3) is 6.08 Å². The van der Waals surface area contributed by atoms with Gasteiger partial charge in [0, 0.05) is 10.0 Å². The zero-order valence-electron chi connectivity index (χ0n) is 12.4. The number of nitrogens with one attached hydrogen (secondary N) is 1. The predicted molar refractivity (Wildman–Crippen MR) is 90.7 cm³/mol. The Morgan fingerprint density at radius 3 is 2.61 bits per heavy atom. The van der Waals surface area contributed by atoms with E-state index in [0.717, 1.165) is 5.56 Å². The molecule has 23 heavy (non-hydrogen) atoms. The molecule has 3 nitrogen and oxygen atoms in total. The summed E-state index contributed by atoms with van der Waals surface area (Å²) in [6.07, 6.45) is 1.24. The number of carbonyl (C=O) groups is 1. The summed E-state index contributed by atoms with van der Waals surface area (Å²) in [6, 6.07) is 15.4. The van der Waals surface area contributed by atoms with Crippen molar-refractivity contribution in [3.8, 4) is 6.07 Å². The number of carbonyl (C=O) groups excluding carboxylic acids is 1. The molecule has 5 heteroatoms. The van der Waals surface area contributed by atoms with E-state index >= 15 is 0 Å². The van der Waals surface area contributed by atoms with E-state index in [-0.39, 0.29) is 17.2 Å². The molecular weight excluding hydrogens is 359 g/mol. The first-order valence-electron chi connectivity index (χ1n) is 6.94. The van der Waals surface area contributed by atoms with E-state index < -0.39 is 11.7 Å². The molecule has 0 fully saturated rings. The van der Waals surface area contributed by atoms with E-state index in [0.29, 0.717) is 4.47 Å². The van der Waals surface area contributed by atoms with Gasteiger partial charge in [0.1, 0.15) is 17.5 Å². The van der Waals surface area contributed by atoms with Gasteiger partial charge in [-0.3, -0.25) is 4.79 Å². The molecule has 0 saturated heterocycles. The van der Waals surface area contributed by atoms with Crippen molar-refractivity contribution in [1.82, 2.24) is 5.32 Å². The normalized spacial score (nSPS) is 12.3. The lowest BCUT2D eigenvalue weighted by Gasteiger charge is -2.13. The van der Waals surface area contributed by atoms with Gasteiger partial charge in [-0.1, -0.05) is 52.3 Å². The average Bonchev–Trinajstić information content (AvgIpc) is 2.54. The molecule has 0 bridgehead atoms. The first kappa shape index (κ1) is 16.9. The fourth-order valence-corrected chi connectivity index (χ4v) is 2.36. The molecule has 116 valence electrons. The number of rotatable bonds is 4. The minimum atomic E-state index is -0.536. The number of benzene rings is 2.